The van der Waals surface area contributed by atoms with Crippen LogP contribution in [-0.4, -0.2) is 25.0 Å². The van der Waals surface area contributed by atoms with Crippen LogP contribution < -0.4 is 20.3 Å². The number of nitrogens with zero attached hydrogens (tertiary/aromatic N) is 1. The quantitative estimate of drug-likeness (QED) is 0.232. The first-order chi connectivity index (χ1) is 18.0. The number of ether oxygens (including phenoxy) is 1. The van der Waals surface area contributed by atoms with Crippen molar-refractivity contribution in [3.63, 3.8) is 0 Å². The molecule has 4 aromatic carbocycles. The lowest BCUT2D eigenvalue weighted by molar-refractivity contribution is 0.0953. The van der Waals surface area contributed by atoms with Crippen LogP contribution in [0, 0.1) is 5.82 Å². The third kappa shape index (κ3) is 7.32. The van der Waals surface area contributed by atoms with Crippen molar-refractivity contribution in [1.82, 2.24) is 5.32 Å². The van der Waals surface area contributed by atoms with Gasteiger partial charge in [-0.15, -0.1) is 0 Å². The smallest absolute Gasteiger partial charge is 0.326 e. The van der Waals surface area contributed by atoms with Crippen molar-refractivity contribution < 1.29 is 18.7 Å². The summed E-state index contributed by atoms with van der Waals surface area (Å²) >= 11 is 5.88. The molecule has 0 saturated heterocycles. The number of para-hydroxylation sites is 2. The Morgan fingerprint density at radius 3 is 2.16 bits per heavy atom. The number of nitrogens with one attached hydrogen (secondary N) is 2. The van der Waals surface area contributed by atoms with Gasteiger partial charge in [0.05, 0.1) is 5.69 Å². The zero-order valence-corrected chi connectivity index (χ0v) is 20.6. The van der Waals surface area contributed by atoms with Crippen LogP contribution in [0.4, 0.5) is 20.6 Å². The second-order valence-corrected chi connectivity index (χ2v) is 8.52. The van der Waals surface area contributed by atoms with Gasteiger partial charge in [-0.25, -0.2) is 9.18 Å². The Kier molecular flexibility index (Phi) is 8.73. The second kappa shape index (κ2) is 12.6. The fourth-order valence-corrected chi connectivity index (χ4v) is 3.68. The lowest BCUT2D eigenvalue weighted by Gasteiger charge is -2.24. The van der Waals surface area contributed by atoms with Gasteiger partial charge in [0.2, 0.25) is 0 Å². The molecule has 8 heteroatoms. The molecule has 188 valence electrons. The number of halogens is 2. The van der Waals surface area contributed by atoms with E-state index >= 15 is 0 Å². The summed E-state index contributed by atoms with van der Waals surface area (Å²) in [5, 5.41) is 6.01. The van der Waals surface area contributed by atoms with Gasteiger partial charge in [-0.1, -0.05) is 41.9 Å². The highest BCUT2D eigenvalue weighted by Gasteiger charge is 2.18. The Morgan fingerprint density at radius 2 is 1.46 bits per heavy atom. The third-order valence-electron chi connectivity index (χ3n) is 5.44. The van der Waals surface area contributed by atoms with Crippen molar-refractivity contribution in [2.24, 2.45) is 0 Å². The van der Waals surface area contributed by atoms with Gasteiger partial charge >= 0.3 is 6.03 Å². The summed E-state index contributed by atoms with van der Waals surface area (Å²) in [7, 11) is 0. The minimum Gasteiger partial charge on any atom is -0.457 e. The van der Waals surface area contributed by atoms with Crippen LogP contribution in [0.15, 0.2) is 103 Å². The van der Waals surface area contributed by atoms with E-state index in [0.29, 0.717) is 40.7 Å². The Hall–Kier alpha value is -4.36. The van der Waals surface area contributed by atoms with Crippen molar-refractivity contribution in [1.29, 1.82) is 0 Å². The van der Waals surface area contributed by atoms with Gasteiger partial charge in [0, 0.05) is 29.4 Å². The molecule has 0 bridgehead atoms. The Morgan fingerprint density at radius 1 is 0.811 bits per heavy atom. The van der Waals surface area contributed by atoms with E-state index in [-0.39, 0.29) is 18.1 Å². The van der Waals surface area contributed by atoms with Gasteiger partial charge in [0.1, 0.15) is 17.3 Å². The summed E-state index contributed by atoms with van der Waals surface area (Å²) in [6.45, 7) is 0.611. The van der Waals surface area contributed by atoms with Gasteiger partial charge in [0.15, 0.2) is 0 Å². The molecule has 0 unspecified atom stereocenters. The molecule has 0 atom stereocenters. The Balaban J connectivity index is 1.43. The fraction of sp³-hybridized carbons (Fsp3) is 0.103. The van der Waals surface area contributed by atoms with Crippen molar-refractivity contribution in [3.8, 4) is 11.5 Å². The number of urea groups is 1. The van der Waals surface area contributed by atoms with Gasteiger partial charge in [-0.2, -0.15) is 0 Å². The summed E-state index contributed by atoms with van der Waals surface area (Å²) in [5.74, 6) is 0.541. The molecule has 0 aromatic heterocycles. The number of hydrogen-bond acceptors (Lipinski definition) is 3. The summed E-state index contributed by atoms with van der Waals surface area (Å²) in [6.07, 6.45) is 0.465. The molecule has 0 heterocycles. The summed E-state index contributed by atoms with van der Waals surface area (Å²) in [6, 6.07) is 28.4. The van der Waals surface area contributed by atoms with Crippen LogP contribution in [0.25, 0.3) is 0 Å². The zero-order valence-electron chi connectivity index (χ0n) is 19.9. The van der Waals surface area contributed by atoms with Gasteiger partial charge in [-0.3, -0.25) is 9.69 Å². The predicted molar refractivity (Wildman–Crippen MR) is 144 cm³/mol. The maximum Gasteiger partial charge on any atom is 0.326 e. The Labute approximate surface area is 219 Å². The standard InChI is InChI=1S/C29H25ClFN3O3/c30-22-13-11-21(12-14-22)28(35)32-19-6-20-34(29(36)33-27-10-5-4-9-26(27)31)23-15-17-25(18-16-23)37-24-7-2-1-3-8-24/h1-5,7-18H,6,19-20H2,(H,32,35)(H,33,36). The maximum atomic E-state index is 14.2. The number of benzene rings is 4. The van der Waals surface area contributed by atoms with E-state index in [1.54, 1.807) is 60.7 Å². The molecule has 0 radical (unpaired) electrons. The van der Waals surface area contributed by atoms with E-state index in [1.165, 1.54) is 17.0 Å². The highest BCUT2D eigenvalue weighted by atomic mass is 35.5. The minimum absolute atomic E-state index is 0.0811. The number of rotatable bonds is 9. The molecule has 0 aliphatic carbocycles. The molecule has 0 aliphatic rings. The zero-order chi connectivity index (χ0) is 26.0. The van der Waals surface area contributed by atoms with Crippen molar-refractivity contribution >= 4 is 34.9 Å². The summed E-state index contributed by atoms with van der Waals surface area (Å²) < 4.78 is 20.0. The number of amides is 3. The molecular weight excluding hydrogens is 493 g/mol. The van der Waals surface area contributed by atoms with Crippen LogP contribution in [0.1, 0.15) is 16.8 Å². The van der Waals surface area contributed by atoms with Crippen LogP contribution in [0.2, 0.25) is 5.02 Å². The molecule has 6 nitrogen and oxygen atoms in total. The van der Waals surface area contributed by atoms with Crippen molar-refractivity contribution in [2.45, 2.75) is 6.42 Å². The molecule has 0 aliphatic heterocycles. The first-order valence-corrected chi connectivity index (χ1v) is 12.1. The number of carbonyl (C=O) groups excluding carboxylic acids is 2. The molecule has 2 N–H and O–H groups in total. The molecular formula is C29H25ClFN3O3. The highest BCUT2D eigenvalue weighted by Crippen LogP contribution is 2.25. The number of carbonyl (C=O) groups is 2. The molecule has 0 spiro atoms. The van der Waals surface area contributed by atoms with Gasteiger partial charge in [-0.05, 0) is 79.2 Å². The average molecular weight is 518 g/mol. The van der Waals surface area contributed by atoms with Crippen LogP contribution >= 0.6 is 11.6 Å². The normalized spacial score (nSPS) is 10.4. The molecule has 0 fully saturated rings. The summed E-state index contributed by atoms with van der Waals surface area (Å²) in [5.41, 5.74) is 1.17. The monoisotopic (exact) mass is 517 g/mol. The van der Waals surface area contributed by atoms with Crippen molar-refractivity contribution in [2.75, 3.05) is 23.3 Å². The molecule has 0 saturated carbocycles. The molecule has 4 rings (SSSR count). The first kappa shape index (κ1) is 25.7. The van der Waals surface area contributed by atoms with Gasteiger partial charge in [0.25, 0.3) is 5.91 Å². The minimum atomic E-state index is -0.530. The van der Waals surface area contributed by atoms with E-state index in [4.69, 9.17) is 16.3 Å². The first-order valence-electron chi connectivity index (χ1n) is 11.7. The predicted octanol–water partition coefficient (Wildman–Crippen LogP) is 7.13. The molecule has 37 heavy (non-hydrogen) atoms. The average Bonchev–Trinajstić information content (AvgIpc) is 2.91. The largest absolute Gasteiger partial charge is 0.457 e. The maximum absolute atomic E-state index is 14.2. The van der Waals surface area contributed by atoms with Crippen molar-refractivity contribution in [3.05, 3.63) is 120 Å². The fourth-order valence-electron chi connectivity index (χ4n) is 3.55. The summed E-state index contributed by atoms with van der Waals surface area (Å²) in [4.78, 5) is 27.0. The van der Waals surface area contributed by atoms with E-state index in [9.17, 15) is 14.0 Å². The van der Waals surface area contributed by atoms with Gasteiger partial charge < -0.3 is 15.4 Å². The molecule has 4 aromatic rings. The van der Waals surface area contributed by atoms with E-state index in [0.717, 1.165) is 0 Å². The highest BCUT2D eigenvalue weighted by molar-refractivity contribution is 6.30. The van der Waals surface area contributed by atoms with E-state index < -0.39 is 11.8 Å². The third-order valence-corrected chi connectivity index (χ3v) is 5.69. The Bertz CT molecular complexity index is 1330. The van der Waals surface area contributed by atoms with Crippen LogP contribution in [-0.2, 0) is 0 Å². The van der Waals surface area contributed by atoms with E-state index in [2.05, 4.69) is 10.6 Å². The lowest BCUT2D eigenvalue weighted by Crippen LogP contribution is -2.37. The van der Waals surface area contributed by atoms with E-state index in [1.807, 2.05) is 30.3 Å². The SMILES string of the molecule is O=C(NCCCN(C(=O)Nc1ccccc1F)c1ccc(Oc2ccccc2)cc1)c1ccc(Cl)cc1. The lowest BCUT2D eigenvalue weighted by atomic mass is 10.2. The topological polar surface area (TPSA) is 70.7 Å². The number of anilines is 2. The number of hydrogen-bond donors (Lipinski definition) is 2. The van der Waals surface area contributed by atoms with Crippen LogP contribution in [0.5, 0.6) is 11.5 Å². The van der Waals surface area contributed by atoms with Crippen LogP contribution in [0.3, 0.4) is 0 Å². The molecule has 3 amide bonds. The second-order valence-electron chi connectivity index (χ2n) is 8.09.